The van der Waals surface area contributed by atoms with Gasteiger partial charge in [-0.1, -0.05) is 36.4 Å². The van der Waals surface area contributed by atoms with E-state index in [9.17, 15) is 4.79 Å². The van der Waals surface area contributed by atoms with Gasteiger partial charge >= 0.3 is 6.03 Å². The lowest BCUT2D eigenvalue weighted by Crippen LogP contribution is -2.39. The van der Waals surface area contributed by atoms with Gasteiger partial charge in [0.25, 0.3) is 0 Å². The molecule has 0 saturated carbocycles. The van der Waals surface area contributed by atoms with Crippen molar-refractivity contribution in [2.24, 2.45) is 7.05 Å². The molecule has 0 bridgehead atoms. The fourth-order valence-electron chi connectivity index (χ4n) is 3.90. The summed E-state index contributed by atoms with van der Waals surface area (Å²) < 4.78 is 1.82. The molecule has 2 amide bonds. The SMILES string of the molecule is CN(CCc1ccccc1)C1CCN(C(=O)Nc2cccc3c2cnn3C)C1. The van der Waals surface area contributed by atoms with E-state index in [1.165, 1.54) is 5.56 Å². The highest BCUT2D eigenvalue weighted by Gasteiger charge is 2.29. The molecule has 0 radical (unpaired) electrons. The van der Waals surface area contributed by atoms with Crippen molar-refractivity contribution in [3.05, 3.63) is 60.3 Å². The van der Waals surface area contributed by atoms with Gasteiger partial charge in [-0.25, -0.2) is 4.79 Å². The number of amides is 2. The van der Waals surface area contributed by atoms with Crippen LogP contribution < -0.4 is 5.32 Å². The number of anilines is 1. The number of nitrogens with zero attached hydrogens (tertiary/aromatic N) is 4. The second-order valence-electron chi connectivity index (χ2n) is 7.54. The van der Waals surface area contributed by atoms with E-state index in [1.54, 1.807) is 6.20 Å². The number of fused-ring (bicyclic) bond motifs is 1. The molecular weight excluding hydrogens is 350 g/mol. The van der Waals surface area contributed by atoms with Crippen molar-refractivity contribution in [1.82, 2.24) is 19.6 Å². The van der Waals surface area contributed by atoms with Crippen molar-refractivity contribution in [1.29, 1.82) is 0 Å². The van der Waals surface area contributed by atoms with Crippen molar-refractivity contribution < 1.29 is 4.79 Å². The Balaban J connectivity index is 1.33. The molecular formula is C22H27N5O. The number of benzene rings is 2. The summed E-state index contributed by atoms with van der Waals surface area (Å²) in [5.41, 5.74) is 3.18. The zero-order chi connectivity index (χ0) is 19.5. The van der Waals surface area contributed by atoms with E-state index in [2.05, 4.69) is 46.6 Å². The second kappa shape index (κ2) is 8.02. The van der Waals surface area contributed by atoms with Gasteiger partial charge in [0.2, 0.25) is 0 Å². The average molecular weight is 377 g/mol. The van der Waals surface area contributed by atoms with Gasteiger partial charge in [0.15, 0.2) is 0 Å². The van der Waals surface area contributed by atoms with Crippen LogP contribution in [0.3, 0.4) is 0 Å². The number of aromatic nitrogens is 2. The first kappa shape index (κ1) is 18.5. The molecule has 6 nitrogen and oxygen atoms in total. The van der Waals surface area contributed by atoms with Crippen molar-refractivity contribution in [3.8, 4) is 0 Å². The van der Waals surface area contributed by atoms with Gasteiger partial charge in [-0.2, -0.15) is 5.10 Å². The maximum atomic E-state index is 12.8. The first-order chi connectivity index (χ1) is 13.6. The number of rotatable bonds is 5. The molecule has 28 heavy (non-hydrogen) atoms. The number of carbonyl (C=O) groups is 1. The van der Waals surface area contributed by atoms with Gasteiger partial charge in [-0.15, -0.1) is 0 Å². The van der Waals surface area contributed by atoms with Crippen LogP contribution in [0.4, 0.5) is 10.5 Å². The molecule has 1 aliphatic rings. The quantitative estimate of drug-likeness (QED) is 0.742. The fourth-order valence-corrected chi connectivity index (χ4v) is 3.90. The summed E-state index contributed by atoms with van der Waals surface area (Å²) in [5.74, 6) is 0. The van der Waals surface area contributed by atoms with Crippen LogP contribution in [0.25, 0.3) is 10.9 Å². The van der Waals surface area contributed by atoms with E-state index in [0.29, 0.717) is 6.04 Å². The number of nitrogens with one attached hydrogen (secondary N) is 1. The van der Waals surface area contributed by atoms with Gasteiger partial charge in [-0.3, -0.25) is 4.68 Å². The topological polar surface area (TPSA) is 53.4 Å². The Hall–Kier alpha value is -2.86. The Morgan fingerprint density at radius 2 is 2.04 bits per heavy atom. The third-order valence-corrected chi connectivity index (χ3v) is 5.70. The van der Waals surface area contributed by atoms with Crippen LogP contribution in [0.1, 0.15) is 12.0 Å². The molecule has 0 aliphatic carbocycles. The normalized spacial score (nSPS) is 16.8. The summed E-state index contributed by atoms with van der Waals surface area (Å²) in [6, 6.07) is 16.8. The summed E-state index contributed by atoms with van der Waals surface area (Å²) >= 11 is 0. The summed E-state index contributed by atoms with van der Waals surface area (Å²) in [7, 11) is 4.07. The van der Waals surface area contributed by atoms with Crippen LogP contribution >= 0.6 is 0 Å². The van der Waals surface area contributed by atoms with E-state index >= 15 is 0 Å². The predicted molar refractivity (Wildman–Crippen MR) is 112 cm³/mol. The Labute approximate surface area is 165 Å². The van der Waals surface area contributed by atoms with E-state index in [-0.39, 0.29) is 6.03 Å². The van der Waals surface area contributed by atoms with E-state index in [4.69, 9.17) is 0 Å². The van der Waals surface area contributed by atoms with Crippen molar-refractivity contribution >= 4 is 22.6 Å². The maximum Gasteiger partial charge on any atom is 0.321 e. The van der Waals surface area contributed by atoms with E-state index < -0.39 is 0 Å². The van der Waals surface area contributed by atoms with Crippen LogP contribution in [0.15, 0.2) is 54.7 Å². The lowest BCUT2D eigenvalue weighted by molar-refractivity contribution is 0.211. The number of hydrogen-bond acceptors (Lipinski definition) is 3. The fraction of sp³-hybridized carbons (Fsp3) is 0.364. The standard InChI is InChI=1S/C22H27N5O/c1-25(13-11-17-7-4-3-5-8-17)18-12-14-27(16-18)22(28)24-20-9-6-10-21-19(20)15-23-26(21)2/h3-10,15,18H,11-14,16H2,1-2H3,(H,24,28). The van der Waals surface area contributed by atoms with Crippen molar-refractivity contribution in [3.63, 3.8) is 0 Å². The van der Waals surface area contributed by atoms with Gasteiger partial charge < -0.3 is 15.1 Å². The number of urea groups is 1. The molecule has 0 spiro atoms. The van der Waals surface area contributed by atoms with E-state index in [1.807, 2.05) is 40.9 Å². The lowest BCUT2D eigenvalue weighted by Gasteiger charge is -2.25. The van der Waals surface area contributed by atoms with Gasteiger partial charge in [-0.05, 0) is 37.6 Å². The largest absolute Gasteiger partial charge is 0.323 e. The zero-order valence-corrected chi connectivity index (χ0v) is 16.5. The molecule has 2 heterocycles. The van der Waals surface area contributed by atoms with Gasteiger partial charge in [0, 0.05) is 38.1 Å². The monoisotopic (exact) mass is 377 g/mol. The van der Waals surface area contributed by atoms with Crippen LogP contribution in [0, 0.1) is 0 Å². The highest BCUT2D eigenvalue weighted by Crippen LogP contribution is 2.24. The number of carbonyl (C=O) groups excluding carboxylic acids is 1. The summed E-state index contributed by atoms with van der Waals surface area (Å²) in [5, 5.41) is 8.33. The Kier molecular flexibility index (Phi) is 5.30. The number of aryl methyl sites for hydroxylation is 1. The van der Waals surface area contributed by atoms with Crippen LogP contribution in [0.5, 0.6) is 0 Å². The van der Waals surface area contributed by atoms with Gasteiger partial charge in [0.1, 0.15) is 0 Å². The second-order valence-corrected chi connectivity index (χ2v) is 7.54. The molecule has 1 atom stereocenters. The molecule has 2 aromatic carbocycles. The minimum absolute atomic E-state index is 0.0321. The van der Waals surface area contributed by atoms with Crippen LogP contribution in [0.2, 0.25) is 0 Å². The molecule has 1 aliphatic heterocycles. The number of likely N-dealkylation sites (N-methyl/N-ethyl adjacent to an activating group) is 1. The van der Waals surface area contributed by atoms with E-state index in [0.717, 1.165) is 49.1 Å². The van der Waals surface area contributed by atoms with Crippen molar-refractivity contribution in [2.45, 2.75) is 18.9 Å². The molecule has 1 N–H and O–H groups in total. The smallest absolute Gasteiger partial charge is 0.321 e. The molecule has 146 valence electrons. The maximum absolute atomic E-state index is 12.8. The Bertz CT molecular complexity index is 952. The number of likely N-dealkylation sites (tertiary alicyclic amines) is 1. The molecule has 3 aromatic rings. The summed E-state index contributed by atoms with van der Waals surface area (Å²) in [4.78, 5) is 17.1. The highest BCUT2D eigenvalue weighted by atomic mass is 16.2. The molecule has 1 saturated heterocycles. The Morgan fingerprint density at radius 1 is 1.21 bits per heavy atom. The van der Waals surface area contributed by atoms with Crippen LogP contribution in [-0.2, 0) is 13.5 Å². The minimum atomic E-state index is -0.0321. The number of hydrogen-bond donors (Lipinski definition) is 1. The third-order valence-electron chi connectivity index (χ3n) is 5.70. The zero-order valence-electron chi connectivity index (χ0n) is 16.5. The Morgan fingerprint density at radius 3 is 2.86 bits per heavy atom. The molecule has 1 unspecified atom stereocenters. The van der Waals surface area contributed by atoms with Gasteiger partial charge in [0.05, 0.1) is 17.4 Å². The predicted octanol–water partition coefficient (Wildman–Crippen LogP) is 3.35. The molecule has 1 fully saturated rings. The molecule has 6 heteroatoms. The van der Waals surface area contributed by atoms with Crippen molar-refractivity contribution in [2.75, 3.05) is 32.0 Å². The average Bonchev–Trinajstić information content (AvgIpc) is 3.35. The third kappa shape index (κ3) is 3.87. The first-order valence-electron chi connectivity index (χ1n) is 9.82. The molecule has 4 rings (SSSR count). The summed E-state index contributed by atoms with van der Waals surface area (Å²) in [6.07, 6.45) is 3.84. The minimum Gasteiger partial charge on any atom is -0.323 e. The van der Waals surface area contributed by atoms with Crippen LogP contribution in [-0.4, -0.2) is 58.3 Å². The molecule has 1 aromatic heterocycles. The highest BCUT2D eigenvalue weighted by molar-refractivity contribution is 6.00. The summed E-state index contributed by atoms with van der Waals surface area (Å²) in [6.45, 7) is 2.55. The lowest BCUT2D eigenvalue weighted by atomic mass is 10.1. The first-order valence-corrected chi connectivity index (χ1v) is 9.82.